The Balaban J connectivity index is 2.28. The van der Waals surface area contributed by atoms with E-state index in [9.17, 15) is 4.79 Å². The Kier molecular flexibility index (Phi) is 3.68. The van der Waals surface area contributed by atoms with Crippen LogP contribution in [0.1, 0.15) is 28.2 Å². The van der Waals surface area contributed by atoms with E-state index in [0.29, 0.717) is 19.0 Å². The predicted molar refractivity (Wildman–Crippen MR) is 66.0 cm³/mol. The summed E-state index contributed by atoms with van der Waals surface area (Å²) < 4.78 is 5.06. The molecule has 0 radical (unpaired) electrons. The lowest BCUT2D eigenvalue weighted by Gasteiger charge is -1.93. The molecule has 0 aromatic carbocycles. The molecule has 1 amide bonds. The van der Waals surface area contributed by atoms with Crippen molar-refractivity contribution in [3.8, 4) is 10.8 Å². The second-order valence-electron chi connectivity index (χ2n) is 3.51. The summed E-state index contributed by atoms with van der Waals surface area (Å²) >= 11 is 1.39. The lowest BCUT2D eigenvalue weighted by atomic mass is 10.4. The molecule has 0 fully saturated rings. The Morgan fingerprint density at radius 1 is 1.50 bits per heavy atom. The summed E-state index contributed by atoms with van der Waals surface area (Å²) in [5.41, 5.74) is 6.29. The fourth-order valence-electron chi connectivity index (χ4n) is 1.39. The maximum Gasteiger partial charge on any atom is 0.292 e. The smallest absolute Gasteiger partial charge is 0.292 e. The molecular formula is C10H13N5O2S. The summed E-state index contributed by atoms with van der Waals surface area (Å²) in [6.45, 7) is 4.53. The summed E-state index contributed by atoms with van der Waals surface area (Å²) in [6.07, 6.45) is 0. The van der Waals surface area contributed by atoms with Gasteiger partial charge in [0.05, 0.1) is 5.69 Å². The van der Waals surface area contributed by atoms with Gasteiger partial charge in [-0.15, -0.1) is 11.3 Å². The van der Waals surface area contributed by atoms with E-state index in [2.05, 4.69) is 20.4 Å². The van der Waals surface area contributed by atoms with Crippen molar-refractivity contribution in [1.29, 1.82) is 0 Å². The first-order chi connectivity index (χ1) is 8.65. The number of aryl methyl sites for hydroxylation is 1. The number of rotatable bonds is 4. The van der Waals surface area contributed by atoms with Gasteiger partial charge in [0.25, 0.3) is 17.6 Å². The minimum Gasteiger partial charge on any atom is -0.349 e. The van der Waals surface area contributed by atoms with Crippen molar-refractivity contribution in [2.75, 3.05) is 6.54 Å². The van der Waals surface area contributed by atoms with E-state index in [1.165, 1.54) is 11.3 Å². The summed E-state index contributed by atoms with van der Waals surface area (Å²) in [7, 11) is 0. The lowest BCUT2D eigenvalue weighted by Crippen LogP contribution is -2.23. The lowest BCUT2D eigenvalue weighted by molar-refractivity contribution is 0.0942. The fourth-order valence-corrected chi connectivity index (χ4v) is 2.25. The molecular weight excluding hydrogens is 254 g/mol. The van der Waals surface area contributed by atoms with Crippen LogP contribution in [0.3, 0.4) is 0 Å². The van der Waals surface area contributed by atoms with Crippen molar-refractivity contribution in [3.63, 3.8) is 0 Å². The number of aromatic nitrogens is 3. The van der Waals surface area contributed by atoms with Crippen molar-refractivity contribution in [3.05, 3.63) is 16.5 Å². The molecule has 0 aliphatic rings. The van der Waals surface area contributed by atoms with Crippen molar-refractivity contribution in [2.24, 2.45) is 5.73 Å². The Bertz CT molecular complexity index is 562. The summed E-state index contributed by atoms with van der Waals surface area (Å²) in [6, 6.07) is 0. The Hall–Kier alpha value is -1.80. The zero-order valence-electron chi connectivity index (χ0n) is 10.1. The molecule has 0 bridgehead atoms. The van der Waals surface area contributed by atoms with Crippen LogP contribution in [-0.2, 0) is 6.54 Å². The van der Waals surface area contributed by atoms with Crippen LogP contribution in [0.2, 0.25) is 0 Å². The van der Waals surface area contributed by atoms with E-state index in [1.807, 2.05) is 13.8 Å². The molecule has 2 rings (SSSR count). The molecule has 96 valence electrons. The van der Waals surface area contributed by atoms with Gasteiger partial charge < -0.3 is 15.6 Å². The third-order valence-corrected chi connectivity index (χ3v) is 3.34. The summed E-state index contributed by atoms with van der Waals surface area (Å²) in [5.74, 6) is -0.0337. The van der Waals surface area contributed by atoms with Crippen LogP contribution in [0, 0.1) is 6.92 Å². The van der Waals surface area contributed by atoms with Crippen molar-refractivity contribution in [2.45, 2.75) is 20.4 Å². The average Bonchev–Trinajstić information content (AvgIpc) is 2.95. The number of amides is 1. The van der Waals surface area contributed by atoms with Crippen LogP contribution in [0.15, 0.2) is 4.52 Å². The maximum absolute atomic E-state index is 11.5. The molecule has 3 N–H and O–H groups in total. The number of nitrogens with zero attached hydrogens (tertiary/aromatic N) is 3. The van der Waals surface area contributed by atoms with Crippen LogP contribution in [0.5, 0.6) is 0 Å². The van der Waals surface area contributed by atoms with E-state index >= 15 is 0 Å². The quantitative estimate of drug-likeness (QED) is 0.844. The molecule has 2 heterocycles. The Morgan fingerprint density at radius 2 is 2.28 bits per heavy atom. The van der Waals surface area contributed by atoms with Gasteiger partial charge in [0.15, 0.2) is 0 Å². The molecule has 7 nitrogen and oxygen atoms in total. The average molecular weight is 267 g/mol. The van der Waals surface area contributed by atoms with E-state index in [4.69, 9.17) is 10.3 Å². The fraction of sp³-hybridized carbons (Fsp3) is 0.400. The van der Waals surface area contributed by atoms with E-state index in [0.717, 1.165) is 15.6 Å². The van der Waals surface area contributed by atoms with Gasteiger partial charge in [-0.05, 0) is 13.8 Å². The molecule has 0 aliphatic heterocycles. The van der Waals surface area contributed by atoms with Gasteiger partial charge in [-0.25, -0.2) is 4.98 Å². The largest absolute Gasteiger partial charge is 0.349 e. The van der Waals surface area contributed by atoms with Crippen LogP contribution in [-0.4, -0.2) is 27.6 Å². The topological polar surface area (TPSA) is 107 Å². The summed E-state index contributed by atoms with van der Waals surface area (Å²) in [5, 5.41) is 7.03. The number of nitrogens with two attached hydrogens (primary N) is 1. The third kappa shape index (κ3) is 2.39. The highest BCUT2D eigenvalue weighted by Crippen LogP contribution is 2.28. The van der Waals surface area contributed by atoms with Crippen molar-refractivity contribution >= 4 is 17.2 Å². The first kappa shape index (κ1) is 12.7. The molecule has 0 unspecified atom stereocenters. The number of carbonyl (C=O) groups is 1. The zero-order chi connectivity index (χ0) is 13.1. The van der Waals surface area contributed by atoms with Gasteiger partial charge in [-0.2, -0.15) is 4.98 Å². The van der Waals surface area contributed by atoms with Gasteiger partial charge in [0.1, 0.15) is 9.88 Å². The van der Waals surface area contributed by atoms with E-state index < -0.39 is 0 Å². The SMILES string of the molecule is CCNC(=O)c1noc(-c2sc(CN)nc2C)n1. The minimum atomic E-state index is -0.353. The second-order valence-corrected chi connectivity index (χ2v) is 4.59. The standard InChI is InChI=1S/C10H13N5O2S/c1-3-12-9(16)8-14-10(17-15-8)7-5(2)13-6(4-11)18-7/h3-4,11H2,1-2H3,(H,12,16). The summed E-state index contributed by atoms with van der Waals surface area (Å²) in [4.78, 5) is 20.6. The first-order valence-electron chi connectivity index (χ1n) is 5.44. The minimum absolute atomic E-state index is 0.0222. The number of hydrogen-bond donors (Lipinski definition) is 2. The van der Waals surface area contributed by atoms with Crippen LogP contribution >= 0.6 is 11.3 Å². The maximum atomic E-state index is 11.5. The number of nitrogens with one attached hydrogen (secondary N) is 1. The van der Waals surface area contributed by atoms with Crippen molar-refractivity contribution < 1.29 is 9.32 Å². The third-order valence-electron chi connectivity index (χ3n) is 2.18. The van der Waals surface area contributed by atoms with Gasteiger partial charge in [0, 0.05) is 13.1 Å². The molecule has 0 atom stereocenters. The highest BCUT2D eigenvalue weighted by molar-refractivity contribution is 7.15. The zero-order valence-corrected chi connectivity index (χ0v) is 10.9. The molecule has 0 aliphatic carbocycles. The van der Waals surface area contributed by atoms with E-state index in [-0.39, 0.29) is 11.7 Å². The molecule has 18 heavy (non-hydrogen) atoms. The van der Waals surface area contributed by atoms with Crippen LogP contribution < -0.4 is 11.1 Å². The van der Waals surface area contributed by atoms with E-state index in [1.54, 1.807) is 0 Å². The normalized spacial score (nSPS) is 10.6. The Labute approximate surface area is 107 Å². The van der Waals surface area contributed by atoms with Gasteiger partial charge in [0.2, 0.25) is 0 Å². The number of hydrogen-bond acceptors (Lipinski definition) is 7. The molecule has 0 saturated heterocycles. The molecule has 2 aromatic heterocycles. The highest BCUT2D eigenvalue weighted by atomic mass is 32.1. The van der Waals surface area contributed by atoms with Crippen LogP contribution in [0.25, 0.3) is 10.8 Å². The number of carbonyl (C=O) groups excluding carboxylic acids is 1. The van der Waals surface area contributed by atoms with Crippen molar-refractivity contribution in [1.82, 2.24) is 20.4 Å². The molecule has 0 saturated carbocycles. The van der Waals surface area contributed by atoms with Gasteiger partial charge >= 0.3 is 0 Å². The first-order valence-corrected chi connectivity index (χ1v) is 6.26. The molecule has 0 spiro atoms. The Morgan fingerprint density at radius 3 is 2.89 bits per heavy atom. The predicted octanol–water partition coefficient (Wildman–Crippen LogP) is 0.710. The highest BCUT2D eigenvalue weighted by Gasteiger charge is 2.18. The van der Waals surface area contributed by atoms with Crippen LogP contribution in [0.4, 0.5) is 0 Å². The van der Waals surface area contributed by atoms with Gasteiger partial charge in [-0.3, -0.25) is 4.79 Å². The monoisotopic (exact) mass is 267 g/mol. The molecule has 2 aromatic rings. The molecule has 8 heteroatoms. The second kappa shape index (κ2) is 5.23. The number of thiazole rings is 1. The van der Waals surface area contributed by atoms with Gasteiger partial charge in [-0.1, -0.05) is 5.16 Å².